The lowest BCUT2D eigenvalue weighted by Gasteiger charge is -2.24. The molecule has 10 rings (SSSR count). The first kappa shape index (κ1) is 31.7. The number of hydrogen-bond donors (Lipinski definition) is 0. The number of rotatable bonds is 6. The van der Waals surface area contributed by atoms with Crippen molar-refractivity contribution in [2.45, 2.75) is 19.3 Å². The molecule has 0 radical (unpaired) electrons. The van der Waals surface area contributed by atoms with Crippen LogP contribution in [-0.4, -0.2) is 24.3 Å². The quantitative estimate of drug-likeness (QED) is 0.174. The molecule has 0 N–H and O–H groups in total. The highest BCUT2D eigenvalue weighted by Gasteiger charge is 2.38. The molecule has 3 aromatic heterocycles. The molecule has 54 heavy (non-hydrogen) atoms. The van der Waals surface area contributed by atoms with Crippen LogP contribution in [0.15, 0.2) is 176 Å². The van der Waals surface area contributed by atoms with Crippen LogP contribution in [0.25, 0.3) is 84.6 Å². The third-order valence-corrected chi connectivity index (χ3v) is 10.7. The van der Waals surface area contributed by atoms with Gasteiger partial charge in [-0.15, -0.1) is 0 Å². The highest BCUT2D eigenvalue weighted by atomic mass is 15.0. The Morgan fingerprint density at radius 1 is 0.389 bits per heavy atom. The first-order chi connectivity index (χ1) is 26.5. The fraction of sp³-hybridized carbons (Fsp3) is 0.0612. The first-order valence-electron chi connectivity index (χ1n) is 18.3. The van der Waals surface area contributed by atoms with Gasteiger partial charge in [-0.3, -0.25) is 4.40 Å². The SMILES string of the molecule is CC1(C)c2ccccc2-c2cccc(-c3c(-c4ccc(-c5ccc(-c6nc(-c7ccccc7)nc(-c7ccccc7)n6)cc5)cc4)nc4ccccn34)c21. The van der Waals surface area contributed by atoms with Crippen molar-refractivity contribution in [3.05, 3.63) is 187 Å². The van der Waals surface area contributed by atoms with Gasteiger partial charge in [-0.05, 0) is 45.5 Å². The van der Waals surface area contributed by atoms with E-state index in [2.05, 4.69) is 134 Å². The maximum Gasteiger partial charge on any atom is 0.164 e. The molecule has 0 spiro atoms. The van der Waals surface area contributed by atoms with Crippen molar-refractivity contribution >= 4 is 5.65 Å². The molecule has 0 amide bonds. The predicted octanol–water partition coefficient (Wildman–Crippen LogP) is 11.8. The molecule has 9 aromatic rings. The first-order valence-corrected chi connectivity index (χ1v) is 18.3. The molecule has 1 aliphatic carbocycles. The Balaban J connectivity index is 1.02. The van der Waals surface area contributed by atoms with Crippen LogP contribution in [0.4, 0.5) is 0 Å². The molecular formula is C49H35N5. The van der Waals surface area contributed by atoms with Crippen molar-refractivity contribution in [2.24, 2.45) is 0 Å². The van der Waals surface area contributed by atoms with Gasteiger partial charge in [0.2, 0.25) is 0 Å². The summed E-state index contributed by atoms with van der Waals surface area (Å²) in [6, 6.07) is 59.1. The number of imidazole rings is 1. The summed E-state index contributed by atoms with van der Waals surface area (Å²) in [5.74, 6) is 1.95. The van der Waals surface area contributed by atoms with Gasteiger partial charge in [0.25, 0.3) is 0 Å². The number of hydrogen-bond acceptors (Lipinski definition) is 4. The third kappa shape index (κ3) is 5.24. The second-order valence-corrected chi connectivity index (χ2v) is 14.3. The lowest BCUT2D eigenvalue weighted by molar-refractivity contribution is 0.661. The van der Waals surface area contributed by atoms with Crippen LogP contribution < -0.4 is 0 Å². The Morgan fingerprint density at radius 2 is 0.870 bits per heavy atom. The Hall–Kier alpha value is -6.98. The van der Waals surface area contributed by atoms with Crippen LogP contribution in [0.3, 0.4) is 0 Å². The Bertz CT molecular complexity index is 2760. The third-order valence-electron chi connectivity index (χ3n) is 10.7. The number of benzene rings is 6. The maximum atomic E-state index is 5.23. The van der Waals surface area contributed by atoms with Gasteiger partial charge >= 0.3 is 0 Å². The molecule has 5 nitrogen and oxygen atoms in total. The van der Waals surface area contributed by atoms with Gasteiger partial charge in [-0.1, -0.05) is 172 Å². The fourth-order valence-electron chi connectivity index (χ4n) is 8.07. The van der Waals surface area contributed by atoms with E-state index in [0.717, 1.165) is 50.4 Å². The molecule has 1 aliphatic rings. The van der Waals surface area contributed by atoms with Gasteiger partial charge in [0.15, 0.2) is 17.5 Å². The van der Waals surface area contributed by atoms with Crippen LogP contribution in [0.5, 0.6) is 0 Å². The van der Waals surface area contributed by atoms with Gasteiger partial charge in [0.05, 0.1) is 11.4 Å². The topological polar surface area (TPSA) is 56.0 Å². The second kappa shape index (κ2) is 12.6. The van der Waals surface area contributed by atoms with Crippen LogP contribution >= 0.6 is 0 Å². The molecule has 3 heterocycles. The van der Waals surface area contributed by atoms with E-state index in [0.29, 0.717) is 17.5 Å². The van der Waals surface area contributed by atoms with E-state index < -0.39 is 0 Å². The lowest BCUT2D eigenvalue weighted by Crippen LogP contribution is -2.16. The van der Waals surface area contributed by atoms with Crippen molar-refractivity contribution in [2.75, 3.05) is 0 Å². The smallest absolute Gasteiger partial charge is 0.164 e. The molecule has 0 saturated heterocycles. The van der Waals surface area contributed by atoms with Crippen LogP contribution in [-0.2, 0) is 5.41 Å². The molecule has 0 bridgehead atoms. The van der Waals surface area contributed by atoms with Crippen molar-refractivity contribution in [3.8, 4) is 78.9 Å². The number of aromatic nitrogens is 5. The molecule has 0 fully saturated rings. The zero-order chi connectivity index (χ0) is 36.2. The summed E-state index contributed by atoms with van der Waals surface area (Å²) in [5, 5.41) is 0. The molecule has 0 saturated carbocycles. The molecular weight excluding hydrogens is 659 g/mol. The normalized spacial score (nSPS) is 12.8. The summed E-state index contributed by atoms with van der Waals surface area (Å²) in [6.45, 7) is 4.69. The highest BCUT2D eigenvalue weighted by molar-refractivity contribution is 5.92. The van der Waals surface area contributed by atoms with E-state index in [4.69, 9.17) is 19.9 Å². The summed E-state index contributed by atoms with van der Waals surface area (Å²) in [6.07, 6.45) is 2.13. The van der Waals surface area contributed by atoms with Crippen LogP contribution in [0, 0.1) is 0 Å². The van der Waals surface area contributed by atoms with Gasteiger partial charge in [0, 0.05) is 39.4 Å². The zero-order valence-corrected chi connectivity index (χ0v) is 30.0. The largest absolute Gasteiger partial charge is 0.299 e. The number of pyridine rings is 1. The van der Waals surface area contributed by atoms with Crippen LogP contribution in [0.1, 0.15) is 25.0 Å². The average molecular weight is 694 g/mol. The van der Waals surface area contributed by atoms with E-state index in [1.807, 2.05) is 60.7 Å². The van der Waals surface area contributed by atoms with E-state index in [-0.39, 0.29) is 5.41 Å². The lowest BCUT2D eigenvalue weighted by atomic mass is 9.79. The summed E-state index contributed by atoms with van der Waals surface area (Å²) in [5.41, 5.74) is 15.6. The molecule has 0 atom stereocenters. The Kier molecular flexibility index (Phi) is 7.41. The van der Waals surface area contributed by atoms with Gasteiger partial charge in [-0.2, -0.15) is 0 Å². The van der Waals surface area contributed by atoms with E-state index >= 15 is 0 Å². The summed E-state index contributed by atoms with van der Waals surface area (Å²) in [4.78, 5) is 19.9. The van der Waals surface area contributed by atoms with Crippen molar-refractivity contribution in [3.63, 3.8) is 0 Å². The molecule has 0 unspecified atom stereocenters. The standard InChI is InChI=1S/C49H35N5/c1-49(2)41-21-10-9-18-38(41)39-19-13-20-40(43(39)49)45-44(50-42-22-11-12-31-54(42)45)34-27-23-32(24-28-34)33-25-29-37(30-26-33)48-52-46(35-14-5-3-6-15-35)51-47(53-48)36-16-7-4-8-17-36/h3-31H,1-2H3. The van der Waals surface area contributed by atoms with Crippen molar-refractivity contribution < 1.29 is 0 Å². The minimum Gasteiger partial charge on any atom is -0.299 e. The van der Waals surface area contributed by atoms with Crippen molar-refractivity contribution in [1.29, 1.82) is 0 Å². The number of fused-ring (bicyclic) bond motifs is 4. The predicted molar refractivity (Wildman–Crippen MR) is 219 cm³/mol. The summed E-state index contributed by atoms with van der Waals surface area (Å²) in [7, 11) is 0. The van der Waals surface area contributed by atoms with Crippen molar-refractivity contribution in [1.82, 2.24) is 24.3 Å². The Morgan fingerprint density at radius 3 is 1.50 bits per heavy atom. The average Bonchev–Trinajstić information content (AvgIpc) is 3.74. The minimum absolute atomic E-state index is 0.151. The zero-order valence-electron chi connectivity index (χ0n) is 30.0. The van der Waals surface area contributed by atoms with E-state index in [1.54, 1.807) is 0 Å². The fourth-order valence-corrected chi connectivity index (χ4v) is 8.07. The molecule has 5 heteroatoms. The van der Waals surface area contributed by atoms with E-state index in [9.17, 15) is 0 Å². The monoisotopic (exact) mass is 693 g/mol. The molecule has 256 valence electrons. The summed E-state index contributed by atoms with van der Waals surface area (Å²) >= 11 is 0. The molecule has 6 aromatic carbocycles. The van der Waals surface area contributed by atoms with Gasteiger partial charge in [-0.25, -0.2) is 19.9 Å². The summed E-state index contributed by atoms with van der Waals surface area (Å²) < 4.78 is 2.24. The highest BCUT2D eigenvalue weighted by Crippen LogP contribution is 2.53. The maximum absolute atomic E-state index is 5.23. The van der Waals surface area contributed by atoms with E-state index in [1.165, 1.54) is 27.8 Å². The van der Waals surface area contributed by atoms with Gasteiger partial charge in [0.1, 0.15) is 5.65 Å². The second-order valence-electron chi connectivity index (χ2n) is 14.3. The Labute approximate surface area is 314 Å². The van der Waals surface area contributed by atoms with Gasteiger partial charge < -0.3 is 0 Å². The molecule has 0 aliphatic heterocycles. The minimum atomic E-state index is -0.151. The number of nitrogens with zero attached hydrogens (tertiary/aromatic N) is 5. The van der Waals surface area contributed by atoms with Crippen LogP contribution in [0.2, 0.25) is 0 Å².